The lowest BCUT2D eigenvalue weighted by Gasteiger charge is -2.39. The number of aryl methyl sites for hydroxylation is 2. The number of ether oxygens (including phenoxy) is 1. The van der Waals surface area contributed by atoms with Crippen LogP contribution in [0, 0.1) is 17.0 Å². The number of hydrogen-bond donors (Lipinski definition) is 1. The standard InChI is InChI=1S/C28H31ClF2N2O3/c1-36-22-6-7-26-24(17-22)23(25(29)18-32-26)5-2-8-28(27(34)35)9-12-33(13-10-28)11-3-4-19-14-20(30)16-21(31)15-19/h6-7,14-18H,2-5,8-13H2,1H3,(H,34,35). The summed E-state index contributed by atoms with van der Waals surface area (Å²) in [6.07, 6.45) is 6.09. The van der Waals surface area contributed by atoms with Crippen LogP contribution in [0.15, 0.2) is 42.6 Å². The average molecular weight is 517 g/mol. The van der Waals surface area contributed by atoms with Crippen LogP contribution in [0.2, 0.25) is 5.02 Å². The van der Waals surface area contributed by atoms with Crippen LogP contribution in [0.4, 0.5) is 8.78 Å². The first-order valence-corrected chi connectivity index (χ1v) is 12.7. The second-order valence-corrected chi connectivity index (χ2v) is 10.0. The second kappa shape index (κ2) is 11.5. The number of fused-ring (bicyclic) bond motifs is 1. The zero-order chi connectivity index (χ0) is 25.7. The Morgan fingerprint density at radius 1 is 1.11 bits per heavy atom. The molecule has 0 bridgehead atoms. The summed E-state index contributed by atoms with van der Waals surface area (Å²) in [5.41, 5.74) is 1.68. The van der Waals surface area contributed by atoms with Crippen molar-refractivity contribution in [1.29, 1.82) is 0 Å². The van der Waals surface area contributed by atoms with Gasteiger partial charge in [-0.15, -0.1) is 0 Å². The molecule has 1 fully saturated rings. The van der Waals surface area contributed by atoms with Gasteiger partial charge in [0.2, 0.25) is 0 Å². The molecule has 1 aromatic heterocycles. The zero-order valence-electron chi connectivity index (χ0n) is 20.4. The Morgan fingerprint density at radius 2 is 1.83 bits per heavy atom. The van der Waals surface area contributed by atoms with Crippen LogP contribution < -0.4 is 4.74 Å². The van der Waals surface area contributed by atoms with Crippen LogP contribution >= 0.6 is 11.6 Å². The highest BCUT2D eigenvalue weighted by Crippen LogP contribution is 2.38. The summed E-state index contributed by atoms with van der Waals surface area (Å²) in [4.78, 5) is 18.9. The van der Waals surface area contributed by atoms with E-state index >= 15 is 0 Å². The molecule has 0 aliphatic carbocycles. The quantitative estimate of drug-likeness (QED) is 0.343. The highest BCUT2D eigenvalue weighted by molar-refractivity contribution is 6.32. The Hall–Kier alpha value is -2.77. The zero-order valence-corrected chi connectivity index (χ0v) is 21.2. The molecule has 192 valence electrons. The minimum Gasteiger partial charge on any atom is -0.497 e. The van der Waals surface area contributed by atoms with E-state index in [9.17, 15) is 18.7 Å². The van der Waals surface area contributed by atoms with Crippen molar-refractivity contribution in [3.63, 3.8) is 0 Å². The third kappa shape index (κ3) is 6.13. The van der Waals surface area contributed by atoms with Gasteiger partial charge in [-0.1, -0.05) is 11.6 Å². The number of piperidine rings is 1. The van der Waals surface area contributed by atoms with E-state index in [4.69, 9.17) is 16.3 Å². The molecule has 36 heavy (non-hydrogen) atoms. The molecule has 5 nitrogen and oxygen atoms in total. The summed E-state index contributed by atoms with van der Waals surface area (Å²) in [5.74, 6) is -1.14. The molecule has 3 aromatic rings. The lowest BCUT2D eigenvalue weighted by atomic mass is 9.74. The number of aliphatic carboxylic acids is 1. The highest BCUT2D eigenvalue weighted by Gasteiger charge is 2.40. The lowest BCUT2D eigenvalue weighted by Crippen LogP contribution is -2.44. The summed E-state index contributed by atoms with van der Waals surface area (Å²) in [7, 11) is 1.61. The smallest absolute Gasteiger partial charge is 0.309 e. The number of nitrogens with zero attached hydrogens (tertiary/aromatic N) is 2. The Balaban J connectivity index is 1.33. The van der Waals surface area contributed by atoms with Crippen molar-refractivity contribution in [2.45, 2.75) is 44.9 Å². The van der Waals surface area contributed by atoms with E-state index in [1.54, 1.807) is 13.3 Å². The van der Waals surface area contributed by atoms with Crippen LogP contribution in [0.5, 0.6) is 5.75 Å². The van der Waals surface area contributed by atoms with Crippen molar-refractivity contribution < 1.29 is 23.4 Å². The Morgan fingerprint density at radius 3 is 2.50 bits per heavy atom. The maximum absolute atomic E-state index is 13.4. The van der Waals surface area contributed by atoms with Crippen LogP contribution in [-0.2, 0) is 17.6 Å². The van der Waals surface area contributed by atoms with E-state index in [2.05, 4.69) is 9.88 Å². The van der Waals surface area contributed by atoms with Crippen molar-refractivity contribution >= 4 is 28.5 Å². The predicted octanol–water partition coefficient (Wildman–Crippen LogP) is 6.30. The van der Waals surface area contributed by atoms with Crippen LogP contribution in [0.25, 0.3) is 10.9 Å². The van der Waals surface area contributed by atoms with Gasteiger partial charge in [0.1, 0.15) is 17.4 Å². The maximum Gasteiger partial charge on any atom is 0.309 e. The number of halogens is 3. The first-order chi connectivity index (χ1) is 17.3. The van der Waals surface area contributed by atoms with Gasteiger partial charge in [0.15, 0.2) is 0 Å². The number of carbonyl (C=O) groups is 1. The molecule has 0 atom stereocenters. The molecule has 2 heterocycles. The van der Waals surface area contributed by atoms with E-state index in [0.29, 0.717) is 62.2 Å². The number of carboxylic acid groups (broad SMARTS) is 1. The minimum atomic E-state index is -0.755. The maximum atomic E-state index is 13.4. The first kappa shape index (κ1) is 26.3. The summed E-state index contributed by atoms with van der Waals surface area (Å²) in [5, 5.41) is 11.6. The molecule has 0 amide bonds. The van der Waals surface area contributed by atoms with Gasteiger partial charge < -0.3 is 14.7 Å². The van der Waals surface area contributed by atoms with E-state index in [1.165, 1.54) is 12.1 Å². The summed E-state index contributed by atoms with van der Waals surface area (Å²) < 4.78 is 32.1. The van der Waals surface area contributed by atoms with E-state index < -0.39 is 23.0 Å². The van der Waals surface area contributed by atoms with Gasteiger partial charge in [-0.25, -0.2) is 8.78 Å². The molecule has 8 heteroatoms. The van der Waals surface area contributed by atoms with Crippen LogP contribution in [0.3, 0.4) is 0 Å². The minimum absolute atomic E-state index is 0.561. The lowest BCUT2D eigenvalue weighted by molar-refractivity contribution is -0.152. The van der Waals surface area contributed by atoms with Crippen molar-refractivity contribution in [3.05, 3.63) is 70.4 Å². The SMILES string of the molecule is COc1ccc2ncc(Cl)c(CCCC3(C(=O)O)CCN(CCCc4cc(F)cc(F)c4)CC3)c2c1. The molecule has 1 saturated heterocycles. The van der Waals surface area contributed by atoms with Crippen LogP contribution in [-0.4, -0.2) is 47.7 Å². The monoisotopic (exact) mass is 516 g/mol. The third-order valence-electron chi connectivity index (χ3n) is 7.35. The predicted molar refractivity (Wildman–Crippen MR) is 137 cm³/mol. The van der Waals surface area contributed by atoms with Gasteiger partial charge in [0, 0.05) is 17.6 Å². The van der Waals surface area contributed by atoms with Crippen molar-refractivity contribution in [2.75, 3.05) is 26.7 Å². The third-order valence-corrected chi connectivity index (χ3v) is 7.67. The fourth-order valence-electron chi connectivity index (χ4n) is 5.22. The number of rotatable bonds is 10. The molecule has 1 N–H and O–H groups in total. The Labute approximate surface area is 215 Å². The van der Waals surface area contributed by atoms with Gasteiger partial charge in [-0.05, 0) is 106 Å². The van der Waals surface area contributed by atoms with E-state index in [1.807, 2.05) is 18.2 Å². The Kier molecular flexibility index (Phi) is 8.42. The van der Waals surface area contributed by atoms with Crippen molar-refractivity contribution in [2.24, 2.45) is 5.41 Å². The van der Waals surface area contributed by atoms with Gasteiger partial charge >= 0.3 is 5.97 Å². The molecule has 0 spiro atoms. The van der Waals surface area contributed by atoms with Crippen molar-refractivity contribution in [3.8, 4) is 5.75 Å². The second-order valence-electron chi connectivity index (χ2n) is 9.63. The molecule has 2 aromatic carbocycles. The van der Waals surface area contributed by atoms with Crippen LogP contribution in [0.1, 0.15) is 43.2 Å². The van der Waals surface area contributed by atoms with Gasteiger partial charge in [0.05, 0.1) is 23.1 Å². The summed E-state index contributed by atoms with van der Waals surface area (Å²) in [6.45, 7) is 2.16. The number of aromatic nitrogens is 1. The molecule has 1 aliphatic rings. The number of pyridine rings is 1. The molecular weight excluding hydrogens is 486 g/mol. The molecule has 1 aliphatic heterocycles. The Bertz CT molecular complexity index is 1210. The summed E-state index contributed by atoms with van der Waals surface area (Å²) >= 11 is 6.48. The van der Waals surface area contributed by atoms with Gasteiger partial charge in [-0.2, -0.15) is 0 Å². The topological polar surface area (TPSA) is 62.7 Å². The number of likely N-dealkylation sites (tertiary alicyclic amines) is 1. The fourth-order valence-corrected chi connectivity index (χ4v) is 5.47. The number of benzene rings is 2. The van der Waals surface area contributed by atoms with Crippen molar-refractivity contribution in [1.82, 2.24) is 9.88 Å². The molecule has 0 radical (unpaired) electrons. The number of carboxylic acids is 1. The molecule has 0 unspecified atom stereocenters. The average Bonchev–Trinajstić information content (AvgIpc) is 2.85. The van der Waals surface area contributed by atoms with Gasteiger partial charge in [-0.3, -0.25) is 9.78 Å². The fraction of sp³-hybridized carbons (Fsp3) is 0.429. The highest BCUT2D eigenvalue weighted by atomic mass is 35.5. The molecular formula is C28H31ClF2N2O3. The first-order valence-electron chi connectivity index (χ1n) is 12.3. The van der Waals surface area contributed by atoms with E-state index in [0.717, 1.165) is 41.2 Å². The molecule has 4 rings (SSSR count). The summed E-state index contributed by atoms with van der Waals surface area (Å²) in [6, 6.07) is 9.28. The largest absolute Gasteiger partial charge is 0.497 e. The molecule has 0 saturated carbocycles. The van der Waals surface area contributed by atoms with E-state index in [-0.39, 0.29) is 0 Å². The normalized spacial score (nSPS) is 15.8. The number of hydrogen-bond acceptors (Lipinski definition) is 4. The van der Waals surface area contributed by atoms with Gasteiger partial charge in [0.25, 0.3) is 0 Å². The number of methoxy groups -OCH3 is 1.